The second kappa shape index (κ2) is 5.09. The number of nitrogens with zero attached hydrogens (tertiary/aromatic N) is 1. The van der Waals surface area contributed by atoms with Gasteiger partial charge in [0.2, 0.25) is 0 Å². The van der Waals surface area contributed by atoms with Gasteiger partial charge in [-0.15, -0.1) is 11.3 Å². The standard InChI is InChI=1S/C11H15N3S/c1-9-6-14-11(15-9)3-5-13-8-10-2-4-12-7-10/h2,4,6-7,12-13H,3,5,8H2,1H3. The number of rotatable bonds is 5. The van der Waals surface area contributed by atoms with Crippen molar-refractivity contribution in [2.75, 3.05) is 6.54 Å². The van der Waals surface area contributed by atoms with Crippen LogP contribution in [0.3, 0.4) is 0 Å². The SMILES string of the molecule is Cc1cnc(CCNCc2cc[nH]c2)s1. The Hall–Kier alpha value is -1.13. The number of aromatic nitrogens is 2. The van der Waals surface area contributed by atoms with Crippen LogP contribution in [-0.2, 0) is 13.0 Å². The van der Waals surface area contributed by atoms with Crippen LogP contribution in [0.25, 0.3) is 0 Å². The van der Waals surface area contributed by atoms with Crippen molar-refractivity contribution in [3.63, 3.8) is 0 Å². The zero-order chi connectivity index (χ0) is 10.5. The molecule has 0 aliphatic rings. The van der Waals surface area contributed by atoms with Gasteiger partial charge in [-0.1, -0.05) is 0 Å². The molecule has 0 spiro atoms. The third-order valence-corrected chi connectivity index (χ3v) is 3.15. The zero-order valence-electron chi connectivity index (χ0n) is 8.79. The summed E-state index contributed by atoms with van der Waals surface area (Å²) in [6, 6.07) is 2.08. The Kier molecular flexibility index (Phi) is 3.53. The van der Waals surface area contributed by atoms with Gasteiger partial charge < -0.3 is 10.3 Å². The zero-order valence-corrected chi connectivity index (χ0v) is 9.60. The minimum Gasteiger partial charge on any atom is -0.367 e. The summed E-state index contributed by atoms with van der Waals surface area (Å²) in [6.07, 6.45) is 6.91. The van der Waals surface area contributed by atoms with Crippen LogP contribution in [0.1, 0.15) is 15.4 Å². The maximum Gasteiger partial charge on any atom is 0.0940 e. The fraction of sp³-hybridized carbons (Fsp3) is 0.364. The minimum atomic E-state index is 0.924. The lowest BCUT2D eigenvalue weighted by Gasteiger charge is -2.00. The predicted molar refractivity (Wildman–Crippen MR) is 63.1 cm³/mol. The van der Waals surface area contributed by atoms with E-state index in [1.54, 1.807) is 11.3 Å². The molecule has 4 heteroatoms. The molecule has 0 atom stereocenters. The van der Waals surface area contributed by atoms with Gasteiger partial charge in [-0.25, -0.2) is 4.98 Å². The van der Waals surface area contributed by atoms with E-state index in [0.29, 0.717) is 0 Å². The van der Waals surface area contributed by atoms with E-state index in [2.05, 4.69) is 28.3 Å². The molecule has 0 radical (unpaired) electrons. The van der Waals surface area contributed by atoms with E-state index in [0.717, 1.165) is 19.5 Å². The van der Waals surface area contributed by atoms with Crippen molar-refractivity contribution in [3.8, 4) is 0 Å². The van der Waals surface area contributed by atoms with E-state index in [9.17, 15) is 0 Å². The summed E-state index contributed by atoms with van der Waals surface area (Å²) in [7, 11) is 0. The second-order valence-electron chi connectivity index (χ2n) is 3.51. The fourth-order valence-corrected chi connectivity index (χ4v) is 2.20. The van der Waals surface area contributed by atoms with Gasteiger partial charge in [-0.3, -0.25) is 0 Å². The Bertz CT molecular complexity index is 392. The van der Waals surface area contributed by atoms with Crippen LogP contribution in [0.5, 0.6) is 0 Å². The molecule has 80 valence electrons. The van der Waals surface area contributed by atoms with E-state index in [1.807, 2.05) is 18.6 Å². The molecule has 2 N–H and O–H groups in total. The van der Waals surface area contributed by atoms with Crippen LogP contribution in [-0.4, -0.2) is 16.5 Å². The quantitative estimate of drug-likeness (QED) is 0.759. The highest BCUT2D eigenvalue weighted by molar-refractivity contribution is 7.11. The Morgan fingerprint density at radius 1 is 1.53 bits per heavy atom. The molecule has 0 fully saturated rings. The van der Waals surface area contributed by atoms with Gasteiger partial charge in [0.25, 0.3) is 0 Å². The lowest BCUT2D eigenvalue weighted by molar-refractivity contribution is 0.686. The van der Waals surface area contributed by atoms with Crippen LogP contribution >= 0.6 is 11.3 Å². The van der Waals surface area contributed by atoms with E-state index in [-0.39, 0.29) is 0 Å². The number of H-pyrrole nitrogens is 1. The van der Waals surface area contributed by atoms with Crippen LogP contribution in [0.15, 0.2) is 24.7 Å². The molecule has 0 unspecified atom stereocenters. The number of thiazole rings is 1. The number of nitrogens with one attached hydrogen (secondary N) is 2. The van der Waals surface area contributed by atoms with E-state index in [4.69, 9.17) is 0 Å². The highest BCUT2D eigenvalue weighted by Gasteiger charge is 1.98. The third-order valence-electron chi connectivity index (χ3n) is 2.18. The van der Waals surface area contributed by atoms with Crippen LogP contribution in [0.4, 0.5) is 0 Å². The Balaban J connectivity index is 1.67. The Morgan fingerprint density at radius 3 is 3.13 bits per heavy atom. The lowest BCUT2D eigenvalue weighted by Crippen LogP contribution is -2.16. The van der Waals surface area contributed by atoms with Crippen molar-refractivity contribution in [2.45, 2.75) is 19.9 Å². The normalized spacial score (nSPS) is 10.7. The van der Waals surface area contributed by atoms with Gasteiger partial charge in [0, 0.05) is 43.0 Å². The van der Waals surface area contributed by atoms with E-state index < -0.39 is 0 Å². The van der Waals surface area contributed by atoms with E-state index >= 15 is 0 Å². The molecular formula is C11H15N3S. The molecule has 2 aromatic rings. The minimum absolute atomic E-state index is 0.924. The molecule has 15 heavy (non-hydrogen) atoms. The number of aryl methyl sites for hydroxylation is 1. The van der Waals surface area contributed by atoms with Gasteiger partial charge in [0.1, 0.15) is 0 Å². The Labute approximate surface area is 93.6 Å². The van der Waals surface area contributed by atoms with Crippen molar-refractivity contribution in [3.05, 3.63) is 40.1 Å². The van der Waals surface area contributed by atoms with Gasteiger partial charge in [-0.2, -0.15) is 0 Å². The predicted octanol–water partition coefficient (Wildman–Crippen LogP) is 2.11. The molecule has 0 aromatic carbocycles. The summed E-state index contributed by atoms with van der Waals surface area (Å²) in [5.41, 5.74) is 1.30. The number of aromatic amines is 1. The van der Waals surface area contributed by atoms with Crippen molar-refractivity contribution in [2.24, 2.45) is 0 Å². The van der Waals surface area contributed by atoms with Crippen molar-refractivity contribution < 1.29 is 0 Å². The summed E-state index contributed by atoms with van der Waals surface area (Å²) >= 11 is 1.78. The van der Waals surface area contributed by atoms with Crippen LogP contribution < -0.4 is 5.32 Å². The maximum atomic E-state index is 4.32. The molecular weight excluding hydrogens is 206 g/mol. The monoisotopic (exact) mass is 221 g/mol. The molecule has 3 nitrogen and oxygen atoms in total. The van der Waals surface area contributed by atoms with Gasteiger partial charge in [0.05, 0.1) is 5.01 Å². The summed E-state index contributed by atoms with van der Waals surface area (Å²) in [5.74, 6) is 0. The molecule has 0 bridgehead atoms. The largest absolute Gasteiger partial charge is 0.367 e. The average Bonchev–Trinajstić information content (AvgIpc) is 2.84. The molecule has 0 saturated carbocycles. The topological polar surface area (TPSA) is 40.7 Å². The smallest absolute Gasteiger partial charge is 0.0940 e. The summed E-state index contributed by atoms with van der Waals surface area (Å²) in [4.78, 5) is 8.65. The molecule has 0 aliphatic heterocycles. The highest BCUT2D eigenvalue weighted by atomic mass is 32.1. The summed E-state index contributed by atoms with van der Waals surface area (Å²) in [5, 5.41) is 4.61. The summed E-state index contributed by atoms with van der Waals surface area (Å²) < 4.78 is 0. The average molecular weight is 221 g/mol. The van der Waals surface area contributed by atoms with Crippen molar-refractivity contribution >= 4 is 11.3 Å². The molecule has 2 rings (SSSR count). The first-order chi connectivity index (χ1) is 7.34. The first-order valence-corrected chi connectivity index (χ1v) is 5.90. The van der Waals surface area contributed by atoms with Crippen LogP contribution in [0.2, 0.25) is 0 Å². The molecule has 0 amide bonds. The molecule has 2 heterocycles. The Morgan fingerprint density at radius 2 is 2.47 bits per heavy atom. The maximum absolute atomic E-state index is 4.32. The molecule has 0 aliphatic carbocycles. The third kappa shape index (κ3) is 3.18. The van der Waals surface area contributed by atoms with E-state index in [1.165, 1.54) is 15.4 Å². The first kappa shape index (κ1) is 10.4. The number of hydrogen-bond acceptors (Lipinski definition) is 3. The van der Waals surface area contributed by atoms with Crippen molar-refractivity contribution in [1.82, 2.24) is 15.3 Å². The fourth-order valence-electron chi connectivity index (χ4n) is 1.41. The second-order valence-corrected chi connectivity index (χ2v) is 4.83. The van der Waals surface area contributed by atoms with Crippen molar-refractivity contribution in [1.29, 1.82) is 0 Å². The lowest BCUT2D eigenvalue weighted by atomic mass is 10.3. The van der Waals surface area contributed by atoms with Crippen LogP contribution in [0, 0.1) is 6.92 Å². The molecule has 0 saturated heterocycles. The van der Waals surface area contributed by atoms with Gasteiger partial charge in [-0.05, 0) is 18.6 Å². The summed E-state index contributed by atoms with van der Waals surface area (Å²) in [6.45, 7) is 4.00. The highest BCUT2D eigenvalue weighted by Crippen LogP contribution is 2.10. The van der Waals surface area contributed by atoms with Gasteiger partial charge in [0.15, 0.2) is 0 Å². The van der Waals surface area contributed by atoms with Gasteiger partial charge >= 0.3 is 0 Å². The first-order valence-electron chi connectivity index (χ1n) is 5.08. The number of hydrogen-bond donors (Lipinski definition) is 2. The molecule has 2 aromatic heterocycles.